The molecule has 0 radical (unpaired) electrons. The first kappa shape index (κ1) is 16.8. The Morgan fingerprint density at radius 3 is 2.10 bits per heavy atom. The smallest absolute Gasteiger partial charge is 0.471 e. The number of aromatic hydroxyl groups is 1. The molecule has 0 aliphatic heterocycles. The number of rotatable bonds is 5. The van der Waals surface area contributed by atoms with Gasteiger partial charge in [-0.1, -0.05) is 19.1 Å². The van der Waals surface area contributed by atoms with Crippen LogP contribution in [0.2, 0.25) is 0 Å². The number of benzene rings is 1. The number of aliphatic carboxylic acids is 1. The molecular weight excluding hydrogens is 291 g/mol. The molecule has 0 aromatic heterocycles. The minimum atomic E-state index is -5.12. The van der Waals surface area contributed by atoms with Crippen molar-refractivity contribution in [2.24, 2.45) is 0 Å². The second kappa shape index (κ2) is 6.02. The largest absolute Gasteiger partial charge is 0.508 e. The summed E-state index contributed by atoms with van der Waals surface area (Å²) in [5.74, 6) is -3.69. The minimum Gasteiger partial charge on any atom is -0.508 e. The van der Waals surface area contributed by atoms with Crippen molar-refractivity contribution >= 4 is 11.9 Å². The number of hydrogen-bond acceptors (Lipinski definition) is 3. The summed E-state index contributed by atoms with van der Waals surface area (Å²) < 4.78 is 37.3. The Kier molecular flexibility index (Phi) is 4.82. The predicted octanol–water partition coefficient (Wildman–Crippen LogP) is 2.15. The number of amides is 1. The van der Waals surface area contributed by atoms with Crippen molar-refractivity contribution in [3.8, 4) is 5.75 Å². The summed E-state index contributed by atoms with van der Waals surface area (Å²) in [6, 6.07) is 4.97. The molecule has 0 saturated carbocycles. The average molecular weight is 305 g/mol. The van der Waals surface area contributed by atoms with E-state index in [-0.39, 0.29) is 17.7 Å². The molecule has 1 amide bonds. The van der Waals surface area contributed by atoms with Gasteiger partial charge in [-0.15, -0.1) is 0 Å². The Labute approximate surface area is 118 Å². The van der Waals surface area contributed by atoms with Gasteiger partial charge in [-0.2, -0.15) is 13.2 Å². The molecule has 3 N–H and O–H groups in total. The molecule has 0 heterocycles. The Hall–Kier alpha value is -2.25. The molecule has 0 aliphatic rings. The molecule has 116 valence electrons. The van der Waals surface area contributed by atoms with Crippen molar-refractivity contribution in [1.29, 1.82) is 0 Å². The first-order chi connectivity index (χ1) is 9.60. The summed E-state index contributed by atoms with van der Waals surface area (Å²) in [4.78, 5) is 22.1. The van der Waals surface area contributed by atoms with Crippen molar-refractivity contribution in [2.45, 2.75) is 31.5 Å². The molecule has 1 aromatic rings. The van der Waals surface area contributed by atoms with Gasteiger partial charge in [0.2, 0.25) is 0 Å². The van der Waals surface area contributed by atoms with Gasteiger partial charge in [0.05, 0.1) is 12.0 Å². The van der Waals surface area contributed by atoms with E-state index in [1.165, 1.54) is 31.2 Å². The van der Waals surface area contributed by atoms with Crippen LogP contribution in [0.4, 0.5) is 13.2 Å². The Bertz CT molecular complexity index is 527. The van der Waals surface area contributed by atoms with E-state index in [0.717, 1.165) is 0 Å². The van der Waals surface area contributed by atoms with E-state index in [4.69, 9.17) is 5.11 Å². The van der Waals surface area contributed by atoms with Crippen LogP contribution in [0, 0.1) is 0 Å². The zero-order valence-electron chi connectivity index (χ0n) is 11.1. The van der Waals surface area contributed by atoms with E-state index >= 15 is 0 Å². The normalized spacial score (nSPS) is 14.3. The van der Waals surface area contributed by atoms with Crippen LogP contribution in [-0.2, 0) is 15.1 Å². The van der Waals surface area contributed by atoms with Gasteiger partial charge >= 0.3 is 18.1 Å². The second-order valence-corrected chi connectivity index (χ2v) is 4.50. The standard InChI is InChI=1S/C13H14F3NO4/c1-2-12(7-10(19)20,17-11(21)13(14,15)16)8-3-5-9(18)6-4-8/h3-6,18H,2,7H2,1H3,(H,17,21)(H,19,20). The maximum atomic E-state index is 12.4. The quantitative estimate of drug-likeness (QED) is 0.778. The SMILES string of the molecule is CCC(CC(=O)O)(NC(=O)C(F)(F)F)c1ccc(O)cc1. The topological polar surface area (TPSA) is 86.6 Å². The third-order valence-corrected chi connectivity index (χ3v) is 3.09. The van der Waals surface area contributed by atoms with Gasteiger partial charge in [0, 0.05) is 0 Å². The number of halogens is 3. The van der Waals surface area contributed by atoms with Gasteiger partial charge < -0.3 is 15.5 Å². The van der Waals surface area contributed by atoms with E-state index in [0.29, 0.717) is 0 Å². The first-order valence-corrected chi connectivity index (χ1v) is 6.01. The van der Waals surface area contributed by atoms with Crippen LogP contribution in [0.15, 0.2) is 24.3 Å². The van der Waals surface area contributed by atoms with Crippen molar-refractivity contribution < 1.29 is 33.0 Å². The zero-order valence-corrected chi connectivity index (χ0v) is 11.1. The van der Waals surface area contributed by atoms with Crippen LogP contribution in [0.5, 0.6) is 5.75 Å². The van der Waals surface area contributed by atoms with Gasteiger partial charge in [-0.3, -0.25) is 9.59 Å². The van der Waals surface area contributed by atoms with Crippen LogP contribution in [-0.4, -0.2) is 28.3 Å². The summed E-state index contributed by atoms with van der Waals surface area (Å²) in [5.41, 5.74) is -1.53. The van der Waals surface area contributed by atoms with E-state index in [1.807, 2.05) is 0 Å². The van der Waals surface area contributed by atoms with Crippen LogP contribution in [0.25, 0.3) is 0 Å². The summed E-state index contributed by atoms with van der Waals surface area (Å²) in [6.45, 7) is 1.46. The van der Waals surface area contributed by atoms with Gasteiger partial charge in [-0.05, 0) is 24.1 Å². The summed E-state index contributed by atoms with van der Waals surface area (Å²) in [6.07, 6.45) is -5.89. The molecule has 1 rings (SSSR count). The van der Waals surface area contributed by atoms with E-state index in [9.17, 15) is 27.9 Å². The zero-order chi connectivity index (χ0) is 16.3. The fraction of sp³-hybridized carbons (Fsp3) is 0.385. The Morgan fingerprint density at radius 2 is 1.71 bits per heavy atom. The number of hydrogen-bond donors (Lipinski definition) is 3. The van der Waals surface area contributed by atoms with Crippen molar-refractivity contribution in [2.75, 3.05) is 0 Å². The monoisotopic (exact) mass is 305 g/mol. The lowest BCUT2D eigenvalue weighted by atomic mass is 9.84. The predicted molar refractivity (Wildman–Crippen MR) is 66.5 cm³/mol. The number of nitrogens with one attached hydrogen (secondary N) is 1. The second-order valence-electron chi connectivity index (χ2n) is 4.50. The molecular formula is C13H14F3NO4. The van der Waals surface area contributed by atoms with Crippen LogP contribution >= 0.6 is 0 Å². The number of phenolic OH excluding ortho intramolecular Hbond substituents is 1. The van der Waals surface area contributed by atoms with Crippen molar-refractivity contribution in [3.63, 3.8) is 0 Å². The molecule has 0 bridgehead atoms. The average Bonchev–Trinajstić information content (AvgIpc) is 2.36. The number of phenols is 1. The van der Waals surface area contributed by atoms with Crippen molar-refractivity contribution in [1.82, 2.24) is 5.32 Å². The number of carbonyl (C=O) groups excluding carboxylic acids is 1. The van der Waals surface area contributed by atoms with E-state index < -0.39 is 30.0 Å². The summed E-state index contributed by atoms with van der Waals surface area (Å²) >= 11 is 0. The highest BCUT2D eigenvalue weighted by Crippen LogP contribution is 2.31. The summed E-state index contributed by atoms with van der Waals surface area (Å²) in [7, 11) is 0. The number of carbonyl (C=O) groups is 2. The van der Waals surface area contributed by atoms with Gasteiger partial charge in [0.15, 0.2) is 0 Å². The molecule has 1 aromatic carbocycles. The van der Waals surface area contributed by atoms with E-state index in [2.05, 4.69) is 0 Å². The maximum Gasteiger partial charge on any atom is 0.471 e. The Balaban J connectivity index is 3.24. The van der Waals surface area contributed by atoms with Crippen molar-refractivity contribution in [3.05, 3.63) is 29.8 Å². The third kappa shape index (κ3) is 4.11. The molecule has 21 heavy (non-hydrogen) atoms. The molecule has 0 aliphatic carbocycles. The highest BCUT2D eigenvalue weighted by Gasteiger charge is 2.45. The van der Waals surface area contributed by atoms with Gasteiger partial charge in [-0.25, -0.2) is 0 Å². The highest BCUT2D eigenvalue weighted by molar-refractivity contribution is 5.83. The lowest BCUT2D eigenvalue weighted by molar-refractivity contribution is -0.176. The number of alkyl halides is 3. The van der Waals surface area contributed by atoms with Gasteiger partial charge in [0.25, 0.3) is 0 Å². The number of carboxylic acid groups (broad SMARTS) is 1. The molecule has 0 spiro atoms. The van der Waals surface area contributed by atoms with Crippen LogP contribution in [0.3, 0.4) is 0 Å². The molecule has 1 unspecified atom stereocenters. The van der Waals surface area contributed by atoms with Gasteiger partial charge in [0.1, 0.15) is 5.75 Å². The molecule has 1 atom stereocenters. The summed E-state index contributed by atoms with van der Waals surface area (Å²) in [5, 5.41) is 19.9. The fourth-order valence-electron chi connectivity index (χ4n) is 1.96. The molecule has 0 fully saturated rings. The third-order valence-electron chi connectivity index (χ3n) is 3.09. The molecule has 0 saturated heterocycles. The van der Waals surface area contributed by atoms with Crippen LogP contribution in [0.1, 0.15) is 25.3 Å². The number of carboxylic acids is 1. The molecule has 5 nitrogen and oxygen atoms in total. The lowest BCUT2D eigenvalue weighted by Crippen LogP contribution is -2.51. The molecule has 8 heteroatoms. The minimum absolute atomic E-state index is 0.0636. The maximum absolute atomic E-state index is 12.4. The first-order valence-electron chi connectivity index (χ1n) is 6.01. The Morgan fingerprint density at radius 1 is 1.19 bits per heavy atom. The van der Waals surface area contributed by atoms with E-state index in [1.54, 1.807) is 5.32 Å². The van der Waals surface area contributed by atoms with Crippen LogP contribution < -0.4 is 5.32 Å². The fourth-order valence-corrected chi connectivity index (χ4v) is 1.96. The highest BCUT2D eigenvalue weighted by atomic mass is 19.4. The lowest BCUT2D eigenvalue weighted by Gasteiger charge is -2.33.